The Hall–Kier alpha value is -0.320. The second-order valence-electron chi connectivity index (χ2n) is 2.60. The predicted octanol–water partition coefficient (Wildman–Crippen LogP) is 4.52. The number of aromatic nitrogens is 1. The average molecular weight is 337 g/mol. The molecule has 0 aliphatic rings. The van der Waals surface area contributed by atoms with E-state index in [2.05, 4.69) is 37.0 Å². The fraction of sp³-hybridized carbons (Fsp3) is 0. The van der Waals surface area contributed by atoms with Gasteiger partial charge in [-0.15, -0.1) is 0 Å². The Morgan fingerprint density at radius 3 is 2.50 bits per heavy atom. The molecular weight excluding hydrogens is 333 g/mol. The first-order valence-corrected chi connectivity index (χ1v) is 5.72. The summed E-state index contributed by atoms with van der Waals surface area (Å²) >= 11 is 12.6. The van der Waals surface area contributed by atoms with Crippen LogP contribution in [0.15, 0.2) is 37.9 Å². The molecule has 0 saturated carbocycles. The van der Waals surface area contributed by atoms with Gasteiger partial charge in [0, 0.05) is 5.56 Å². The van der Waals surface area contributed by atoms with Gasteiger partial charge in [-0.3, -0.25) is 0 Å². The van der Waals surface area contributed by atoms with Crippen molar-refractivity contribution in [2.75, 3.05) is 0 Å². The van der Waals surface area contributed by atoms with Crippen molar-refractivity contribution in [3.05, 3.63) is 38.4 Å². The molecule has 2 nitrogen and oxygen atoms in total. The van der Waals surface area contributed by atoms with E-state index in [0.29, 0.717) is 15.4 Å². The molecule has 0 N–H and O–H groups in total. The topological polar surface area (TPSA) is 26.0 Å². The zero-order valence-electron chi connectivity index (χ0n) is 6.80. The van der Waals surface area contributed by atoms with Crippen LogP contribution in [0.4, 0.5) is 0 Å². The van der Waals surface area contributed by atoms with E-state index in [0.717, 1.165) is 10.0 Å². The molecule has 0 aliphatic heterocycles. The van der Waals surface area contributed by atoms with E-state index < -0.39 is 0 Å². The molecule has 0 spiro atoms. The largest absolute Gasteiger partial charge is 0.347 e. The second kappa shape index (κ2) is 4.04. The molecule has 1 aromatic carbocycles. The third-order valence-corrected chi connectivity index (χ3v) is 3.87. The van der Waals surface area contributed by atoms with Crippen molar-refractivity contribution >= 4 is 43.5 Å². The summed E-state index contributed by atoms with van der Waals surface area (Å²) in [5.41, 5.74) is 1.54. The summed E-state index contributed by atoms with van der Waals surface area (Å²) in [5.74, 6) is 0. The number of nitrogens with zero attached hydrogens (tertiary/aromatic N) is 1. The fourth-order valence-corrected chi connectivity index (χ4v) is 1.92. The van der Waals surface area contributed by atoms with E-state index in [-0.39, 0.29) is 0 Å². The highest BCUT2D eigenvalue weighted by atomic mass is 79.9. The van der Waals surface area contributed by atoms with Crippen molar-refractivity contribution in [2.45, 2.75) is 0 Å². The first kappa shape index (κ1) is 10.2. The highest BCUT2D eigenvalue weighted by Crippen LogP contribution is 2.36. The van der Waals surface area contributed by atoms with E-state index in [1.165, 1.54) is 0 Å². The molecule has 2 aromatic rings. The van der Waals surface area contributed by atoms with Crippen molar-refractivity contribution in [1.82, 2.24) is 5.16 Å². The quantitative estimate of drug-likeness (QED) is 0.765. The van der Waals surface area contributed by atoms with Gasteiger partial charge in [0.2, 0.25) is 4.67 Å². The lowest BCUT2D eigenvalue weighted by Gasteiger charge is -1.98. The lowest BCUT2D eigenvalue weighted by atomic mass is 10.1. The van der Waals surface area contributed by atoms with Crippen LogP contribution in [-0.4, -0.2) is 5.16 Å². The molecule has 14 heavy (non-hydrogen) atoms. The van der Waals surface area contributed by atoms with Gasteiger partial charge in [-0.1, -0.05) is 35.0 Å². The molecule has 0 unspecified atom stereocenters. The number of rotatable bonds is 1. The summed E-state index contributed by atoms with van der Waals surface area (Å²) in [6, 6.07) is 7.47. The summed E-state index contributed by atoms with van der Waals surface area (Å²) in [5, 5.41) is 4.54. The molecule has 0 bridgehead atoms. The molecule has 0 radical (unpaired) electrons. The first-order chi connectivity index (χ1) is 6.70. The summed E-state index contributed by atoms with van der Waals surface area (Å²) in [7, 11) is 0. The van der Waals surface area contributed by atoms with Gasteiger partial charge in [-0.25, -0.2) is 0 Å². The van der Waals surface area contributed by atoms with Crippen molar-refractivity contribution in [1.29, 1.82) is 0 Å². The van der Waals surface area contributed by atoms with Gasteiger partial charge in [0.05, 0.1) is 5.02 Å². The minimum Gasteiger partial charge on any atom is -0.347 e. The van der Waals surface area contributed by atoms with Crippen LogP contribution in [0.2, 0.25) is 5.02 Å². The van der Waals surface area contributed by atoms with E-state index in [4.69, 9.17) is 16.1 Å². The predicted molar refractivity (Wildman–Crippen MR) is 62.3 cm³/mol. The van der Waals surface area contributed by atoms with Crippen LogP contribution in [0, 0.1) is 0 Å². The zero-order valence-corrected chi connectivity index (χ0v) is 10.7. The van der Waals surface area contributed by atoms with Gasteiger partial charge in [0.25, 0.3) is 0 Å². The minimum absolute atomic E-state index is 0.562. The van der Waals surface area contributed by atoms with Crippen molar-refractivity contribution < 1.29 is 4.52 Å². The molecule has 0 saturated heterocycles. The van der Waals surface area contributed by atoms with Gasteiger partial charge in [0.15, 0.2) is 0 Å². The van der Waals surface area contributed by atoms with E-state index in [1.807, 2.05) is 24.3 Å². The minimum atomic E-state index is 0.562. The van der Waals surface area contributed by atoms with Crippen LogP contribution in [-0.2, 0) is 0 Å². The lowest BCUT2D eigenvalue weighted by molar-refractivity contribution is 0.401. The first-order valence-electron chi connectivity index (χ1n) is 3.75. The number of halogens is 3. The zero-order chi connectivity index (χ0) is 10.1. The Labute approximate surface area is 102 Å². The molecular formula is C9H4Br2ClNO. The third kappa shape index (κ3) is 1.74. The van der Waals surface area contributed by atoms with Crippen LogP contribution < -0.4 is 0 Å². The third-order valence-electron chi connectivity index (χ3n) is 1.73. The maximum absolute atomic E-state index is 6.02. The van der Waals surface area contributed by atoms with Gasteiger partial charge in [-0.2, -0.15) is 0 Å². The van der Waals surface area contributed by atoms with Gasteiger partial charge < -0.3 is 4.52 Å². The van der Waals surface area contributed by atoms with Crippen LogP contribution in [0.1, 0.15) is 0 Å². The average Bonchev–Trinajstić information content (AvgIpc) is 2.49. The molecule has 2 rings (SSSR count). The summed E-state index contributed by atoms with van der Waals surface area (Å²) in [6.07, 6.45) is 0. The second-order valence-corrected chi connectivity index (χ2v) is 4.52. The Morgan fingerprint density at radius 1 is 1.21 bits per heavy atom. The van der Waals surface area contributed by atoms with Crippen LogP contribution in [0.3, 0.4) is 0 Å². The van der Waals surface area contributed by atoms with Crippen LogP contribution in [0.5, 0.6) is 0 Å². The number of hydrogen-bond acceptors (Lipinski definition) is 2. The van der Waals surface area contributed by atoms with E-state index in [9.17, 15) is 0 Å². The molecule has 72 valence electrons. The van der Waals surface area contributed by atoms with E-state index >= 15 is 0 Å². The van der Waals surface area contributed by atoms with Crippen molar-refractivity contribution in [3.8, 4) is 11.3 Å². The number of hydrogen-bond donors (Lipinski definition) is 0. The highest BCUT2D eigenvalue weighted by Gasteiger charge is 2.14. The summed E-state index contributed by atoms with van der Waals surface area (Å²) in [6.45, 7) is 0. The Balaban J connectivity index is 2.60. The Kier molecular flexibility index (Phi) is 2.95. The molecule has 5 heteroatoms. The van der Waals surface area contributed by atoms with Crippen molar-refractivity contribution in [2.24, 2.45) is 0 Å². The molecule has 1 aromatic heterocycles. The van der Waals surface area contributed by atoms with E-state index in [1.54, 1.807) is 0 Å². The maximum Gasteiger partial charge on any atom is 0.216 e. The lowest BCUT2D eigenvalue weighted by Crippen LogP contribution is -1.79. The molecule has 0 fully saturated rings. The molecule has 0 aliphatic carbocycles. The maximum atomic E-state index is 6.02. The summed E-state index contributed by atoms with van der Waals surface area (Å²) in [4.78, 5) is 0. The smallest absolute Gasteiger partial charge is 0.216 e. The van der Waals surface area contributed by atoms with Crippen LogP contribution in [0.25, 0.3) is 11.3 Å². The normalized spacial score (nSPS) is 10.5. The van der Waals surface area contributed by atoms with Gasteiger partial charge in [-0.05, 0) is 37.9 Å². The number of benzene rings is 1. The molecule has 0 atom stereocenters. The van der Waals surface area contributed by atoms with Gasteiger partial charge in [0.1, 0.15) is 10.2 Å². The van der Waals surface area contributed by atoms with Gasteiger partial charge >= 0.3 is 0 Å². The SMILES string of the molecule is Clc1ccccc1-c1noc(Br)c1Br. The molecule has 0 amide bonds. The fourth-order valence-electron chi connectivity index (χ4n) is 1.08. The highest BCUT2D eigenvalue weighted by molar-refractivity contribution is 9.13. The van der Waals surface area contributed by atoms with Crippen molar-refractivity contribution in [3.63, 3.8) is 0 Å². The molecule has 1 heterocycles. The Morgan fingerprint density at radius 2 is 1.93 bits per heavy atom. The standard InChI is InChI=1S/C9H4Br2ClNO/c10-7-8(13-14-9(7)11)5-3-1-2-4-6(5)12/h1-4H. The monoisotopic (exact) mass is 335 g/mol. The van der Waals surface area contributed by atoms with Crippen LogP contribution >= 0.6 is 43.5 Å². The Bertz CT molecular complexity index is 470. The summed E-state index contributed by atoms with van der Waals surface area (Å²) < 4.78 is 6.30.